The van der Waals surface area contributed by atoms with Crippen molar-refractivity contribution < 1.29 is 34.0 Å². The van der Waals surface area contributed by atoms with E-state index in [1.807, 2.05) is 31.2 Å². The number of aliphatic hydroxyl groups excluding tert-OH is 1. The number of hydrogen-bond donors (Lipinski definition) is 3. The van der Waals surface area contributed by atoms with Crippen molar-refractivity contribution in [3.63, 3.8) is 0 Å². The SMILES string of the molecule is C[C@@H]1O[C@@H](OCCCCCCCC/C=C/C(=O)O)[C@H](O)C[C@H]1OC(=O)c1c[nH]c2ccccc12. The Morgan fingerprint density at radius 2 is 1.88 bits per heavy atom. The number of rotatable bonds is 13. The van der Waals surface area contributed by atoms with Crippen molar-refractivity contribution in [2.24, 2.45) is 0 Å². The Labute approximate surface area is 199 Å². The number of nitrogens with one attached hydrogen (secondary N) is 1. The van der Waals surface area contributed by atoms with Gasteiger partial charge >= 0.3 is 11.9 Å². The van der Waals surface area contributed by atoms with Gasteiger partial charge in [0.1, 0.15) is 12.2 Å². The molecule has 1 aliphatic rings. The summed E-state index contributed by atoms with van der Waals surface area (Å²) in [6.07, 6.45) is 9.20. The number of allylic oxidation sites excluding steroid dienone is 1. The number of benzene rings is 1. The fourth-order valence-electron chi connectivity index (χ4n) is 4.12. The highest BCUT2D eigenvalue weighted by Crippen LogP contribution is 2.26. The largest absolute Gasteiger partial charge is 0.478 e. The Morgan fingerprint density at radius 3 is 2.68 bits per heavy atom. The molecule has 0 aliphatic carbocycles. The molecule has 0 amide bonds. The fraction of sp³-hybridized carbons (Fsp3) is 0.538. The molecule has 0 saturated carbocycles. The average Bonchev–Trinajstić information content (AvgIpc) is 3.24. The summed E-state index contributed by atoms with van der Waals surface area (Å²) in [5.74, 6) is -1.34. The first-order valence-electron chi connectivity index (χ1n) is 12.1. The molecule has 3 rings (SSSR count). The van der Waals surface area contributed by atoms with Crippen LogP contribution < -0.4 is 0 Å². The van der Waals surface area contributed by atoms with E-state index in [0.29, 0.717) is 12.2 Å². The summed E-state index contributed by atoms with van der Waals surface area (Å²) in [4.78, 5) is 26.1. The highest BCUT2D eigenvalue weighted by atomic mass is 16.7. The van der Waals surface area contributed by atoms with Crippen LogP contribution in [-0.2, 0) is 19.0 Å². The van der Waals surface area contributed by atoms with E-state index in [9.17, 15) is 14.7 Å². The van der Waals surface area contributed by atoms with Gasteiger partial charge in [-0.3, -0.25) is 0 Å². The number of aliphatic hydroxyl groups is 1. The summed E-state index contributed by atoms with van der Waals surface area (Å²) in [5, 5.41) is 19.8. The number of aromatic nitrogens is 1. The molecule has 34 heavy (non-hydrogen) atoms. The van der Waals surface area contributed by atoms with Crippen LogP contribution in [0.2, 0.25) is 0 Å². The van der Waals surface area contributed by atoms with E-state index in [1.54, 1.807) is 12.3 Å². The molecular formula is C26H35NO7. The zero-order chi connectivity index (χ0) is 24.3. The van der Waals surface area contributed by atoms with Gasteiger partial charge < -0.3 is 29.4 Å². The quantitative estimate of drug-likeness (QED) is 0.221. The molecule has 186 valence electrons. The highest BCUT2D eigenvalue weighted by Gasteiger charge is 2.38. The molecule has 2 aromatic rings. The molecule has 1 aliphatic heterocycles. The lowest BCUT2D eigenvalue weighted by Gasteiger charge is -2.37. The molecule has 0 radical (unpaired) electrons. The number of hydrogen-bond acceptors (Lipinski definition) is 6. The lowest BCUT2D eigenvalue weighted by atomic mass is 10.0. The molecule has 3 N–H and O–H groups in total. The van der Waals surface area contributed by atoms with E-state index in [4.69, 9.17) is 19.3 Å². The maximum Gasteiger partial charge on any atom is 0.340 e. The first-order chi connectivity index (χ1) is 16.5. The van der Waals surface area contributed by atoms with E-state index in [1.165, 1.54) is 6.08 Å². The number of ether oxygens (including phenoxy) is 3. The van der Waals surface area contributed by atoms with Crippen molar-refractivity contribution in [1.82, 2.24) is 4.98 Å². The molecule has 1 aromatic heterocycles. The molecule has 0 spiro atoms. The first-order valence-corrected chi connectivity index (χ1v) is 12.1. The predicted octanol–water partition coefficient (Wildman–Crippen LogP) is 4.58. The Bertz CT molecular complexity index is 954. The second-order valence-corrected chi connectivity index (χ2v) is 8.73. The van der Waals surface area contributed by atoms with E-state index in [0.717, 1.165) is 55.8 Å². The maximum atomic E-state index is 12.7. The Hall–Kier alpha value is -2.68. The Kier molecular flexibility index (Phi) is 10.1. The van der Waals surface area contributed by atoms with Crippen molar-refractivity contribution in [3.05, 3.63) is 48.2 Å². The highest BCUT2D eigenvalue weighted by molar-refractivity contribution is 6.04. The van der Waals surface area contributed by atoms with Crippen LogP contribution in [0, 0.1) is 0 Å². The number of fused-ring (bicyclic) bond motifs is 1. The minimum absolute atomic E-state index is 0.260. The molecular weight excluding hydrogens is 438 g/mol. The van der Waals surface area contributed by atoms with Gasteiger partial charge in [0.25, 0.3) is 0 Å². The molecule has 0 unspecified atom stereocenters. The van der Waals surface area contributed by atoms with Gasteiger partial charge in [0.2, 0.25) is 0 Å². The first kappa shape index (κ1) is 25.9. The van der Waals surface area contributed by atoms with Gasteiger partial charge in [-0.2, -0.15) is 0 Å². The summed E-state index contributed by atoms with van der Waals surface area (Å²) in [6, 6.07) is 7.52. The van der Waals surface area contributed by atoms with E-state index < -0.39 is 36.5 Å². The number of carboxylic acid groups (broad SMARTS) is 1. The van der Waals surface area contributed by atoms with Crippen LogP contribution in [0.4, 0.5) is 0 Å². The van der Waals surface area contributed by atoms with Crippen LogP contribution in [0.1, 0.15) is 68.6 Å². The normalized spacial score (nSPS) is 22.9. The average molecular weight is 474 g/mol. The van der Waals surface area contributed by atoms with E-state index in [-0.39, 0.29) is 6.42 Å². The van der Waals surface area contributed by atoms with Crippen LogP contribution in [-0.4, -0.2) is 58.3 Å². The lowest BCUT2D eigenvalue weighted by molar-refractivity contribution is -0.260. The number of carboxylic acids is 1. The van der Waals surface area contributed by atoms with Gasteiger partial charge in [0.05, 0.1) is 11.7 Å². The second kappa shape index (κ2) is 13.3. The molecule has 4 atom stereocenters. The van der Waals surface area contributed by atoms with Crippen molar-refractivity contribution in [2.45, 2.75) is 82.9 Å². The third-order valence-corrected chi connectivity index (χ3v) is 6.04. The smallest absolute Gasteiger partial charge is 0.340 e. The number of H-pyrrole nitrogens is 1. The third kappa shape index (κ3) is 7.68. The number of carbonyl (C=O) groups excluding carboxylic acids is 1. The van der Waals surface area contributed by atoms with Gasteiger partial charge in [-0.15, -0.1) is 0 Å². The minimum atomic E-state index is -0.900. The van der Waals surface area contributed by atoms with Crippen LogP contribution in [0.15, 0.2) is 42.6 Å². The standard InChI is InChI=1S/C26H35NO7/c1-18-23(34-25(31)20-17-27-21-13-10-9-12-19(20)21)16-22(28)26(33-18)32-15-11-7-5-3-2-4-6-8-14-24(29)30/h8-10,12-14,17-18,22-23,26-28H,2-7,11,15-16H2,1H3,(H,29,30)/b14-8+/t18-,22+,23+,26+/m0/s1. The number of unbranched alkanes of at least 4 members (excludes halogenated alkanes) is 6. The zero-order valence-electron chi connectivity index (χ0n) is 19.7. The van der Waals surface area contributed by atoms with Crippen molar-refractivity contribution in [2.75, 3.05) is 6.61 Å². The van der Waals surface area contributed by atoms with Gasteiger partial charge in [0.15, 0.2) is 6.29 Å². The summed E-state index contributed by atoms with van der Waals surface area (Å²) in [5.41, 5.74) is 1.33. The van der Waals surface area contributed by atoms with Crippen molar-refractivity contribution in [1.29, 1.82) is 0 Å². The van der Waals surface area contributed by atoms with E-state index in [2.05, 4.69) is 4.98 Å². The summed E-state index contributed by atoms with van der Waals surface area (Å²) in [7, 11) is 0. The summed E-state index contributed by atoms with van der Waals surface area (Å²) < 4.78 is 17.2. The summed E-state index contributed by atoms with van der Waals surface area (Å²) in [6.45, 7) is 2.32. The number of aromatic amines is 1. The van der Waals surface area contributed by atoms with Crippen molar-refractivity contribution in [3.8, 4) is 0 Å². The minimum Gasteiger partial charge on any atom is -0.478 e. The molecule has 2 heterocycles. The molecule has 8 heteroatoms. The second-order valence-electron chi connectivity index (χ2n) is 8.73. The molecule has 1 saturated heterocycles. The van der Waals surface area contributed by atoms with Crippen LogP contribution in [0.3, 0.4) is 0 Å². The van der Waals surface area contributed by atoms with Gasteiger partial charge in [0, 0.05) is 36.2 Å². The number of carbonyl (C=O) groups is 2. The van der Waals surface area contributed by atoms with Crippen LogP contribution in [0.25, 0.3) is 10.9 Å². The van der Waals surface area contributed by atoms with Gasteiger partial charge in [-0.25, -0.2) is 9.59 Å². The number of para-hydroxylation sites is 1. The molecule has 8 nitrogen and oxygen atoms in total. The maximum absolute atomic E-state index is 12.7. The predicted molar refractivity (Wildman–Crippen MR) is 128 cm³/mol. The molecule has 1 aromatic carbocycles. The van der Waals surface area contributed by atoms with Gasteiger partial charge in [-0.1, -0.05) is 50.0 Å². The lowest BCUT2D eigenvalue weighted by Crippen LogP contribution is -2.48. The molecule has 0 bridgehead atoms. The topological polar surface area (TPSA) is 118 Å². The third-order valence-electron chi connectivity index (χ3n) is 6.04. The van der Waals surface area contributed by atoms with Crippen LogP contribution in [0.5, 0.6) is 0 Å². The number of aliphatic carboxylic acids is 1. The fourth-order valence-corrected chi connectivity index (χ4v) is 4.12. The van der Waals surface area contributed by atoms with E-state index >= 15 is 0 Å². The molecule has 1 fully saturated rings. The van der Waals surface area contributed by atoms with Crippen LogP contribution >= 0.6 is 0 Å². The van der Waals surface area contributed by atoms with Crippen molar-refractivity contribution >= 4 is 22.8 Å². The monoisotopic (exact) mass is 473 g/mol. The Balaban J connectivity index is 1.31. The number of esters is 1. The Morgan fingerprint density at radius 1 is 1.15 bits per heavy atom. The zero-order valence-corrected chi connectivity index (χ0v) is 19.7. The summed E-state index contributed by atoms with van der Waals surface area (Å²) >= 11 is 0. The van der Waals surface area contributed by atoms with Gasteiger partial charge in [-0.05, 0) is 32.3 Å².